The molecule has 1 heterocycles. The molecular weight excluding hydrogens is 240 g/mol. The van der Waals surface area contributed by atoms with Crippen LogP contribution in [0.1, 0.15) is 0 Å². The number of alkyl halides is 1. The van der Waals surface area contributed by atoms with Crippen LogP contribution in [0.4, 0.5) is 5.69 Å². The summed E-state index contributed by atoms with van der Waals surface area (Å²) in [5.74, 6) is 1.49. The molecule has 1 saturated heterocycles. The van der Waals surface area contributed by atoms with Crippen molar-refractivity contribution < 1.29 is 9.47 Å². The number of hydrogen-bond donors (Lipinski definition) is 0. The molecule has 1 aromatic rings. The number of benzene rings is 1. The van der Waals surface area contributed by atoms with E-state index < -0.39 is 0 Å². The third-order valence-electron chi connectivity index (χ3n) is 2.79. The van der Waals surface area contributed by atoms with Crippen molar-refractivity contribution in [2.24, 2.45) is 0 Å². The fourth-order valence-electron chi connectivity index (χ4n) is 1.99. The number of piperazine rings is 1. The normalized spacial score (nSPS) is 20.2. The van der Waals surface area contributed by atoms with Crippen LogP contribution in [0.5, 0.6) is 11.5 Å². The van der Waals surface area contributed by atoms with Gasteiger partial charge in [-0.05, 0) is 12.1 Å². The highest BCUT2D eigenvalue weighted by Gasteiger charge is 2.22. The summed E-state index contributed by atoms with van der Waals surface area (Å²) in [7, 11) is 3.28. The number of para-hydroxylation sites is 1. The van der Waals surface area contributed by atoms with Crippen LogP contribution in [0.15, 0.2) is 18.2 Å². The van der Waals surface area contributed by atoms with Crippen molar-refractivity contribution in [3.05, 3.63) is 18.2 Å². The third kappa shape index (κ3) is 2.58. The maximum absolute atomic E-state index is 6.05. The van der Waals surface area contributed by atoms with Gasteiger partial charge in [-0.15, -0.1) is 11.6 Å². The molecule has 0 amide bonds. The summed E-state index contributed by atoms with van der Waals surface area (Å²) in [6.45, 7) is 2.30. The van der Waals surface area contributed by atoms with Gasteiger partial charge in [-0.3, -0.25) is 0 Å². The van der Waals surface area contributed by atoms with Crippen molar-refractivity contribution in [1.82, 2.24) is 5.32 Å². The van der Waals surface area contributed by atoms with E-state index in [-0.39, 0.29) is 5.50 Å². The second-order valence-electron chi connectivity index (χ2n) is 3.80. The van der Waals surface area contributed by atoms with Crippen LogP contribution >= 0.6 is 11.6 Å². The lowest BCUT2D eigenvalue weighted by molar-refractivity contribution is 0.354. The predicted molar refractivity (Wildman–Crippen MR) is 68.4 cm³/mol. The average molecular weight is 256 g/mol. The summed E-state index contributed by atoms with van der Waals surface area (Å²) in [4.78, 5) is 2.17. The van der Waals surface area contributed by atoms with Crippen LogP contribution in [0, 0.1) is 0 Å². The molecule has 2 rings (SSSR count). The van der Waals surface area contributed by atoms with Crippen molar-refractivity contribution in [3.8, 4) is 11.5 Å². The minimum absolute atomic E-state index is 0.153. The Bertz CT molecular complexity index is 387. The summed E-state index contributed by atoms with van der Waals surface area (Å²) in [5.41, 5.74) is 0.854. The van der Waals surface area contributed by atoms with Crippen LogP contribution in [0.3, 0.4) is 0 Å². The van der Waals surface area contributed by atoms with Crippen LogP contribution in [0.2, 0.25) is 0 Å². The molecule has 0 N–H and O–H groups in total. The first-order chi connectivity index (χ1) is 8.26. The summed E-state index contributed by atoms with van der Waals surface area (Å²) in [5, 5.41) is 4.26. The van der Waals surface area contributed by atoms with Gasteiger partial charge in [0.15, 0.2) is 11.5 Å². The molecule has 0 saturated carbocycles. The highest BCUT2D eigenvalue weighted by Crippen LogP contribution is 2.37. The monoisotopic (exact) mass is 255 g/mol. The standard InChI is InChI=1S/C12H16ClN2O2/c1-16-10-5-3-4-9(12(10)17-2)15-7-6-14-11(13)8-15/h3-5,11H,6-8H2,1-2H3. The molecule has 0 aliphatic carbocycles. The number of anilines is 1. The Labute approximate surface area is 106 Å². The van der Waals surface area contributed by atoms with Gasteiger partial charge in [0.05, 0.1) is 19.9 Å². The second kappa shape index (κ2) is 5.47. The molecule has 1 radical (unpaired) electrons. The van der Waals surface area contributed by atoms with Crippen LogP contribution in [-0.4, -0.2) is 39.4 Å². The van der Waals surface area contributed by atoms with Crippen LogP contribution < -0.4 is 19.7 Å². The molecule has 1 aliphatic heterocycles. The number of hydrogen-bond acceptors (Lipinski definition) is 3. The lowest BCUT2D eigenvalue weighted by Crippen LogP contribution is -2.44. The largest absolute Gasteiger partial charge is 0.493 e. The van der Waals surface area contributed by atoms with E-state index in [4.69, 9.17) is 21.1 Å². The quantitative estimate of drug-likeness (QED) is 0.609. The van der Waals surface area contributed by atoms with Gasteiger partial charge in [-0.1, -0.05) is 6.07 Å². The molecular formula is C12H16ClN2O2. The van der Waals surface area contributed by atoms with Gasteiger partial charge >= 0.3 is 0 Å². The maximum Gasteiger partial charge on any atom is 0.184 e. The van der Waals surface area contributed by atoms with Crippen molar-refractivity contribution >= 4 is 17.3 Å². The zero-order chi connectivity index (χ0) is 12.3. The van der Waals surface area contributed by atoms with Gasteiger partial charge in [0.1, 0.15) is 5.50 Å². The molecule has 5 heteroatoms. The van der Waals surface area contributed by atoms with E-state index in [2.05, 4.69) is 10.2 Å². The lowest BCUT2D eigenvalue weighted by atomic mass is 10.2. The van der Waals surface area contributed by atoms with Crippen molar-refractivity contribution in [2.75, 3.05) is 38.8 Å². The van der Waals surface area contributed by atoms with E-state index in [1.807, 2.05) is 18.2 Å². The summed E-state index contributed by atoms with van der Waals surface area (Å²) >= 11 is 6.05. The van der Waals surface area contributed by atoms with Crippen LogP contribution in [0.25, 0.3) is 0 Å². The molecule has 1 atom stereocenters. The SMILES string of the molecule is COc1cccc(N2CC[N]C(Cl)C2)c1OC. The zero-order valence-corrected chi connectivity index (χ0v) is 10.8. The first kappa shape index (κ1) is 12.3. The lowest BCUT2D eigenvalue weighted by Gasteiger charge is -2.32. The van der Waals surface area contributed by atoms with Gasteiger partial charge in [-0.2, -0.15) is 0 Å². The van der Waals surface area contributed by atoms with Crippen molar-refractivity contribution in [1.29, 1.82) is 0 Å². The summed E-state index contributed by atoms with van der Waals surface area (Å²) in [6.07, 6.45) is 0. The fraction of sp³-hybridized carbons (Fsp3) is 0.500. The Hall–Kier alpha value is -1.13. The molecule has 1 fully saturated rings. The Balaban J connectivity index is 2.30. The topological polar surface area (TPSA) is 35.8 Å². The van der Waals surface area contributed by atoms with E-state index in [0.717, 1.165) is 30.3 Å². The van der Waals surface area contributed by atoms with E-state index in [1.165, 1.54) is 0 Å². The molecule has 4 nitrogen and oxygen atoms in total. The number of rotatable bonds is 3. The molecule has 0 spiro atoms. The highest BCUT2D eigenvalue weighted by molar-refractivity contribution is 6.20. The summed E-state index contributed by atoms with van der Waals surface area (Å²) < 4.78 is 10.7. The second-order valence-corrected chi connectivity index (χ2v) is 4.30. The van der Waals surface area contributed by atoms with E-state index in [1.54, 1.807) is 14.2 Å². The predicted octanol–water partition coefficient (Wildman–Crippen LogP) is 1.69. The fourth-order valence-corrected chi connectivity index (χ4v) is 2.25. The highest BCUT2D eigenvalue weighted by atomic mass is 35.5. The van der Waals surface area contributed by atoms with Crippen LogP contribution in [-0.2, 0) is 0 Å². The van der Waals surface area contributed by atoms with Gasteiger partial charge in [0.25, 0.3) is 0 Å². The first-order valence-corrected chi connectivity index (χ1v) is 5.96. The minimum atomic E-state index is -0.153. The van der Waals surface area contributed by atoms with Gasteiger partial charge < -0.3 is 14.4 Å². The van der Waals surface area contributed by atoms with E-state index in [9.17, 15) is 0 Å². The number of nitrogens with zero attached hydrogens (tertiary/aromatic N) is 2. The van der Waals surface area contributed by atoms with Gasteiger partial charge in [-0.25, -0.2) is 5.32 Å². The Morgan fingerprint density at radius 2 is 2.18 bits per heavy atom. The van der Waals surface area contributed by atoms with Crippen molar-refractivity contribution in [3.63, 3.8) is 0 Å². The van der Waals surface area contributed by atoms with Gasteiger partial charge in [0.2, 0.25) is 0 Å². The molecule has 1 aromatic carbocycles. The smallest absolute Gasteiger partial charge is 0.184 e. The summed E-state index contributed by atoms with van der Waals surface area (Å²) in [6, 6.07) is 5.84. The third-order valence-corrected chi connectivity index (χ3v) is 3.07. The zero-order valence-electron chi connectivity index (χ0n) is 10.0. The van der Waals surface area contributed by atoms with Crippen molar-refractivity contribution in [2.45, 2.75) is 5.50 Å². The minimum Gasteiger partial charge on any atom is -0.493 e. The molecule has 0 aromatic heterocycles. The first-order valence-electron chi connectivity index (χ1n) is 5.53. The Kier molecular flexibility index (Phi) is 3.97. The number of ether oxygens (including phenoxy) is 2. The molecule has 93 valence electrons. The number of methoxy groups -OCH3 is 2. The van der Waals surface area contributed by atoms with Gasteiger partial charge in [0, 0.05) is 19.6 Å². The van der Waals surface area contributed by atoms with E-state index in [0.29, 0.717) is 6.54 Å². The molecule has 17 heavy (non-hydrogen) atoms. The molecule has 0 bridgehead atoms. The van der Waals surface area contributed by atoms with E-state index >= 15 is 0 Å². The Morgan fingerprint density at radius 3 is 2.82 bits per heavy atom. The average Bonchev–Trinajstić information content (AvgIpc) is 2.37. The number of halogens is 1. The maximum atomic E-state index is 6.05. The molecule has 1 unspecified atom stereocenters. The molecule has 1 aliphatic rings. The Morgan fingerprint density at radius 1 is 1.35 bits per heavy atom.